The van der Waals surface area contributed by atoms with Gasteiger partial charge in [-0.25, -0.2) is 9.37 Å². The lowest BCUT2D eigenvalue weighted by Crippen LogP contribution is -2.55. The highest BCUT2D eigenvalue weighted by atomic mass is 32.2. The van der Waals surface area contributed by atoms with Gasteiger partial charge >= 0.3 is 6.18 Å². The summed E-state index contributed by atoms with van der Waals surface area (Å²) in [6, 6.07) is 5.55. The van der Waals surface area contributed by atoms with E-state index in [-0.39, 0.29) is 41.6 Å². The minimum absolute atomic E-state index is 0.0108. The first-order valence-corrected chi connectivity index (χ1v) is 14.0. The Bertz CT molecular complexity index is 1540. The molecule has 4 rings (SSSR count). The van der Waals surface area contributed by atoms with E-state index in [2.05, 4.69) is 14.5 Å². The standard InChI is InChI=1S/C24H21F4N5O5S2/c1-40(36,37)38-9-3-8-30-20(34)16-5-4-14(11-18(16)25)33-22(39)32(21(35)23(33)6-2-7-23)15-10-17(24(26,27)28)19(12-29)31-13-15/h4-5,10-11,13H,2-3,6-9H2,1H3,(H,30,34). The maximum Gasteiger partial charge on any atom is 0.419 e. The molecule has 0 bridgehead atoms. The number of aromatic nitrogens is 1. The first-order chi connectivity index (χ1) is 18.7. The van der Waals surface area contributed by atoms with Crippen LogP contribution in [-0.2, 0) is 25.3 Å². The zero-order valence-electron chi connectivity index (χ0n) is 20.8. The average molecular weight is 600 g/mol. The fourth-order valence-electron chi connectivity index (χ4n) is 4.50. The van der Waals surface area contributed by atoms with Crippen LogP contribution in [-0.4, -0.2) is 55.3 Å². The van der Waals surface area contributed by atoms with Crippen LogP contribution in [0, 0.1) is 17.1 Å². The Labute approximate surface area is 231 Å². The summed E-state index contributed by atoms with van der Waals surface area (Å²) in [4.78, 5) is 31.8. The fraction of sp³-hybridized carbons (Fsp3) is 0.375. The van der Waals surface area contributed by atoms with Gasteiger partial charge in [0.1, 0.15) is 17.4 Å². The first-order valence-electron chi connectivity index (χ1n) is 11.8. The second-order valence-electron chi connectivity index (χ2n) is 9.14. The van der Waals surface area contributed by atoms with Gasteiger partial charge in [-0.1, -0.05) is 0 Å². The summed E-state index contributed by atoms with van der Waals surface area (Å²) in [5, 5.41) is 11.3. The second kappa shape index (κ2) is 10.7. The number of nitriles is 1. The number of amides is 2. The van der Waals surface area contributed by atoms with Gasteiger partial charge in [0.05, 0.1) is 35.9 Å². The van der Waals surface area contributed by atoms with Gasteiger partial charge < -0.3 is 10.2 Å². The number of hydrogen-bond donors (Lipinski definition) is 1. The summed E-state index contributed by atoms with van der Waals surface area (Å²) in [6.07, 6.45) is -1.70. The van der Waals surface area contributed by atoms with E-state index in [9.17, 15) is 31.2 Å². The van der Waals surface area contributed by atoms with E-state index in [0.717, 1.165) is 23.4 Å². The largest absolute Gasteiger partial charge is 0.419 e. The molecule has 2 aromatic rings. The van der Waals surface area contributed by atoms with Gasteiger partial charge in [0.15, 0.2) is 10.8 Å². The third-order valence-corrected chi connectivity index (χ3v) is 7.45. The average Bonchev–Trinajstić information content (AvgIpc) is 3.08. The van der Waals surface area contributed by atoms with E-state index >= 15 is 4.39 Å². The molecule has 0 radical (unpaired) electrons. The molecule has 10 nitrogen and oxygen atoms in total. The Morgan fingerprint density at radius 3 is 2.52 bits per heavy atom. The zero-order valence-corrected chi connectivity index (χ0v) is 22.4. The smallest absolute Gasteiger partial charge is 0.352 e. The van der Waals surface area contributed by atoms with E-state index in [1.54, 1.807) is 0 Å². The van der Waals surface area contributed by atoms with Crippen LogP contribution in [0.5, 0.6) is 0 Å². The lowest BCUT2D eigenvalue weighted by atomic mass is 9.75. The zero-order chi connectivity index (χ0) is 29.5. The highest BCUT2D eigenvalue weighted by molar-refractivity contribution is 7.86. The van der Waals surface area contributed by atoms with Crippen molar-refractivity contribution in [1.29, 1.82) is 5.26 Å². The van der Waals surface area contributed by atoms with Crippen molar-refractivity contribution in [3.8, 4) is 6.07 Å². The number of carbonyl (C=O) groups is 2. The van der Waals surface area contributed by atoms with Crippen molar-refractivity contribution >= 4 is 50.6 Å². The van der Waals surface area contributed by atoms with Crippen molar-refractivity contribution in [2.24, 2.45) is 0 Å². The summed E-state index contributed by atoms with van der Waals surface area (Å²) >= 11 is 5.49. The molecule has 0 unspecified atom stereocenters. The van der Waals surface area contributed by atoms with E-state index in [0.29, 0.717) is 25.3 Å². The monoisotopic (exact) mass is 599 g/mol. The molecule has 1 spiro atoms. The molecule has 1 aromatic heterocycles. The molecule has 1 saturated heterocycles. The van der Waals surface area contributed by atoms with Crippen LogP contribution < -0.4 is 15.1 Å². The van der Waals surface area contributed by atoms with Crippen molar-refractivity contribution in [1.82, 2.24) is 10.3 Å². The summed E-state index contributed by atoms with van der Waals surface area (Å²) in [6.45, 7) is -0.157. The SMILES string of the molecule is CS(=O)(=O)OCCCNC(=O)c1ccc(N2C(=S)N(c3cnc(C#N)c(C(F)(F)F)c3)C(=O)C23CCC3)cc1F. The van der Waals surface area contributed by atoms with Gasteiger partial charge in [-0.05, 0) is 62.2 Å². The minimum atomic E-state index is -4.91. The number of nitrogens with zero attached hydrogens (tertiary/aromatic N) is 4. The predicted molar refractivity (Wildman–Crippen MR) is 137 cm³/mol. The quantitative estimate of drug-likeness (QED) is 0.210. The topological polar surface area (TPSA) is 133 Å². The van der Waals surface area contributed by atoms with Crippen LogP contribution in [0.25, 0.3) is 0 Å². The van der Waals surface area contributed by atoms with Crippen molar-refractivity contribution in [3.05, 3.63) is 53.1 Å². The third kappa shape index (κ3) is 5.49. The molecule has 0 atom stereocenters. The van der Waals surface area contributed by atoms with Crippen LogP contribution in [0.2, 0.25) is 0 Å². The van der Waals surface area contributed by atoms with E-state index < -0.39 is 50.7 Å². The number of thiocarbonyl (C=S) groups is 1. The number of nitrogens with one attached hydrogen (secondary N) is 1. The van der Waals surface area contributed by atoms with Gasteiger partial charge in [0.25, 0.3) is 21.9 Å². The molecule has 1 aromatic carbocycles. The maximum absolute atomic E-state index is 15.1. The highest BCUT2D eigenvalue weighted by Crippen LogP contribution is 2.48. The van der Waals surface area contributed by atoms with Gasteiger partial charge in [-0.15, -0.1) is 0 Å². The Balaban J connectivity index is 1.59. The molecule has 2 fully saturated rings. The molecule has 2 heterocycles. The summed E-state index contributed by atoms with van der Waals surface area (Å²) in [7, 11) is -3.63. The van der Waals surface area contributed by atoms with E-state index in [4.69, 9.17) is 17.5 Å². The number of alkyl halides is 3. The van der Waals surface area contributed by atoms with Crippen LogP contribution in [0.1, 0.15) is 47.3 Å². The van der Waals surface area contributed by atoms with Crippen molar-refractivity contribution in [2.75, 3.05) is 29.2 Å². The van der Waals surface area contributed by atoms with Crippen LogP contribution >= 0.6 is 12.2 Å². The highest BCUT2D eigenvalue weighted by Gasteiger charge is 2.60. The normalized spacial score (nSPS) is 16.7. The molecule has 2 aliphatic rings. The van der Waals surface area contributed by atoms with Gasteiger partial charge in [-0.2, -0.15) is 26.9 Å². The summed E-state index contributed by atoms with van der Waals surface area (Å²) in [5.74, 6) is -2.32. The Morgan fingerprint density at radius 2 is 1.98 bits per heavy atom. The molecule has 1 aliphatic carbocycles. The molecule has 1 aliphatic heterocycles. The first kappa shape index (κ1) is 29.3. The number of benzene rings is 1. The number of rotatable bonds is 8. The van der Waals surface area contributed by atoms with Gasteiger partial charge in [0.2, 0.25) is 0 Å². The van der Waals surface area contributed by atoms with Crippen LogP contribution in [0.4, 0.5) is 28.9 Å². The third-order valence-electron chi connectivity index (χ3n) is 6.49. The molecule has 1 N–H and O–H groups in total. The van der Waals surface area contributed by atoms with Gasteiger partial charge in [-0.3, -0.25) is 18.7 Å². The Morgan fingerprint density at radius 1 is 1.27 bits per heavy atom. The number of hydrogen-bond acceptors (Lipinski definition) is 8. The van der Waals surface area contributed by atoms with Gasteiger partial charge in [0, 0.05) is 12.2 Å². The van der Waals surface area contributed by atoms with E-state index in [1.165, 1.54) is 23.1 Å². The van der Waals surface area contributed by atoms with Crippen molar-refractivity contribution in [2.45, 2.75) is 37.4 Å². The molecule has 40 heavy (non-hydrogen) atoms. The fourth-order valence-corrected chi connectivity index (χ4v) is 5.39. The van der Waals surface area contributed by atoms with E-state index in [1.807, 2.05) is 0 Å². The molecule has 16 heteroatoms. The molecule has 2 amide bonds. The number of anilines is 2. The van der Waals surface area contributed by atoms with Crippen molar-refractivity contribution in [3.63, 3.8) is 0 Å². The molecular formula is C24H21F4N5O5S2. The number of halogens is 4. The molecule has 212 valence electrons. The van der Waals surface area contributed by atoms with Crippen LogP contribution in [0.15, 0.2) is 30.5 Å². The van der Waals surface area contributed by atoms with Crippen LogP contribution in [0.3, 0.4) is 0 Å². The predicted octanol–water partition coefficient (Wildman–Crippen LogP) is 3.27. The van der Waals surface area contributed by atoms with Crippen molar-refractivity contribution < 1.29 is 39.8 Å². The maximum atomic E-state index is 15.1. The number of pyridine rings is 1. The molecular weight excluding hydrogens is 578 g/mol. The minimum Gasteiger partial charge on any atom is -0.352 e. The summed E-state index contributed by atoms with van der Waals surface area (Å²) < 4.78 is 82.2. The lowest BCUT2D eigenvalue weighted by Gasteiger charge is -2.43. The lowest BCUT2D eigenvalue weighted by molar-refractivity contribution is -0.138. The Hall–Kier alpha value is -3.68. The Kier molecular flexibility index (Phi) is 7.85. The summed E-state index contributed by atoms with van der Waals surface area (Å²) in [5.41, 5.74) is -3.93. The second-order valence-corrected chi connectivity index (χ2v) is 11.2. The molecule has 1 saturated carbocycles. The number of carbonyl (C=O) groups excluding carboxylic acids is 2.